The molecule has 0 saturated heterocycles. The number of hydrogen-bond donors (Lipinski definition) is 0. The van der Waals surface area contributed by atoms with Gasteiger partial charge in [0.05, 0.1) is 16.7 Å². The number of benzene rings is 2. The summed E-state index contributed by atoms with van der Waals surface area (Å²) in [4.78, 5) is 21.6. The van der Waals surface area contributed by atoms with Crippen molar-refractivity contribution in [2.45, 2.75) is 10.9 Å². The number of hydrogen-bond acceptors (Lipinski definition) is 4. The smallest absolute Gasteiger partial charge is 0.261 e. The van der Waals surface area contributed by atoms with Gasteiger partial charge in [-0.3, -0.25) is 13.9 Å². The molecule has 0 aliphatic carbocycles. The first-order chi connectivity index (χ1) is 12.6. The molecule has 0 aliphatic heterocycles. The minimum Gasteiger partial charge on any atom is -0.299 e. The van der Waals surface area contributed by atoms with Gasteiger partial charge in [0.15, 0.2) is 5.16 Å². The van der Waals surface area contributed by atoms with Crippen LogP contribution < -0.4 is 5.56 Å². The molecule has 0 radical (unpaired) electrons. The number of fused-ring (bicyclic) bond motifs is 1. The number of nitrogens with zero attached hydrogens (tertiary/aromatic N) is 4. The Kier molecular flexibility index (Phi) is 4.53. The molecule has 4 aromatic rings. The number of imidazole rings is 1. The van der Waals surface area contributed by atoms with Gasteiger partial charge in [-0.15, -0.1) is 0 Å². The second-order valence-corrected chi connectivity index (χ2v) is 7.14. The summed E-state index contributed by atoms with van der Waals surface area (Å²) in [6.45, 7) is 0. The van der Waals surface area contributed by atoms with E-state index in [0.29, 0.717) is 27.5 Å². The molecule has 0 amide bonds. The molecule has 26 heavy (non-hydrogen) atoms. The van der Waals surface area contributed by atoms with Crippen molar-refractivity contribution in [3.63, 3.8) is 0 Å². The number of halogens is 1. The molecular weight excluding hydrogens is 368 g/mol. The van der Waals surface area contributed by atoms with Gasteiger partial charge in [-0.2, -0.15) is 0 Å². The summed E-state index contributed by atoms with van der Waals surface area (Å²) in [6, 6.07) is 15.0. The first kappa shape index (κ1) is 16.9. The van der Waals surface area contributed by atoms with E-state index in [9.17, 15) is 4.79 Å². The van der Waals surface area contributed by atoms with Crippen molar-refractivity contribution in [3.8, 4) is 5.69 Å². The van der Waals surface area contributed by atoms with Crippen molar-refractivity contribution in [1.82, 2.24) is 19.1 Å². The highest BCUT2D eigenvalue weighted by Crippen LogP contribution is 2.25. The molecule has 0 spiro atoms. The van der Waals surface area contributed by atoms with Gasteiger partial charge >= 0.3 is 0 Å². The van der Waals surface area contributed by atoms with E-state index in [2.05, 4.69) is 9.97 Å². The maximum absolute atomic E-state index is 12.5. The maximum atomic E-state index is 12.5. The Morgan fingerprint density at radius 3 is 2.85 bits per heavy atom. The fourth-order valence-electron chi connectivity index (χ4n) is 2.74. The molecule has 0 bridgehead atoms. The van der Waals surface area contributed by atoms with Crippen LogP contribution in [0.15, 0.2) is 70.9 Å². The van der Waals surface area contributed by atoms with Crippen LogP contribution in [-0.2, 0) is 12.8 Å². The summed E-state index contributed by atoms with van der Waals surface area (Å²) >= 11 is 7.62. The molecule has 2 heterocycles. The van der Waals surface area contributed by atoms with Crippen LogP contribution in [0.3, 0.4) is 0 Å². The lowest BCUT2D eigenvalue weighted by Crippen LogP contribution is -2.21. The zero-order valence-corrected chi connectivity index (χ0v) is 15.5. The molecule has 130 valence electrons. The summed E-state index contributed by atoms with van der Waals surface area (Å²) in [5, 5.41) is 2.12. The zero-order valence-electron chi connectivity index (χ0n) is 14.0. The molecule has 0 aliphatic rings. The summed E-state index contributed by atoms with van der Waals surface area (Å²) in [5.74, 6) is 1.24. The molecule has 0 N–H and O–H groups in total. The second-order valence-electron chi connectivity index (χ2n) is 5.76. The summed E-state index contributed by atoms with van der Waals surface area (Å²) in [7, 11) is 1.75. The van der Waals surface area contributed by atoms with Crippen LogP contribution in [0.2, 0.25) is 5.02 Å². The highest BCUT2D eigenvalue weighted by Gasteiger charge is 2.11. The third-order valence-corrected chi connectivity index (χ3v) is 5.30. The van der Waals surface area contributed by atoms with Gasteiger partial charge in [-0.25, -0.2) is 9.97 Å². The van der Waals surface area contributed by atoms with E-state index in [0.717, 1.165) is 10.8 Å². The topological polar surface area (TPSA) is 52.7 Å². The third kappa shape index (κ3) is 3.13. The standard InChI is InChI=1S/C19H15ClN4OS/c1-23-17(22-16-8-3-2-7-15(16)18(23)25)12-26-19-21-9-10-24(19)14-6-4-5-13(20)11-14/h2-11H,12H2,1H3. The van der Waals surface area contributed by atoms with Gasteiger partial charge in [0.25, 0.3) is 5.56 Å². The Hall–Kier alpha value is -2.57. The molecule has 4 rings (SSSR count). The maximum Gasteiger partial charge on any atom is 0.261 e. The second kappa shape index (κ2) is 6.97. The predicted octanol–water partition coefficient (Wildman–Crippen LogP) is 4.06. The Labute approximate surface area is 159 Å². The van der Waals surface area contributed by atoms with Crippen molar-refractivity contribution in [2.75, 3.05) is 0 Å². The van der Waals surface area contributed by atoms with E-state index in [1.54, 1.807) is 23.9 Å². The highest BCUT2D eigenvalue weighted by atomic mass is 35.5. The molecule has 2 aromatic carbocycles. The van der Waals surface area contributed by atoms with Crippen LogP contribution in [0.25, 0.3) is 16.6 Å². The largest absolute Gasteiger partial charge is 0.299 e. The van der Waals surface area contributed by atoms with E-state index >= 15 is 0 Å². The summed E-state index contributed by atoms with van der Waals surface area (Å²) < 4.78 is 3.57. The average molecular weight is 383 g/mol. The number of para-hydroxylation sites is 1. The predicted molar refractivity (Wildman–Crippen MR) is 105 cm³/mol. The van der Waals surface area contributed by atoms with Gasteiger partial charge in [0.1, 0.15) is 5.82 Å². The molecule has 2 aromatic heterocycles. The van der Waals surface area contributed by atoms with Crippen molar-refractivity contribution in [1.29, 1.82) is 0 Å². The van der Waals surface area contributed by atoms with E-state index in [1.807, 2.05) is 53.2 Å². The van der Waals surface area contributed by atoms with E-state index in [4.69, 9.17) is 11.6 Å². The van der Waals surface area contributed by atoms with E-state index < -0.39 is 0 Å². The van der Waals surface area contributed by atoms with E-state index in [-0.39, 0.29) is 5.56 Å². The number of aromatic nitrogens is 4. The number of thioether (sulfide) groups is 1. The van der Waals surface area contributed by atoms with Gasteiger partial charge in [-0.1, -0.05) is 41.6 Å². The molecule has 5 nitrogen and oxygen atoms in total. The monoisotopic (exact) mass is 382 g/mol. The fraction of sp³-hybridized carbons (Fsp3) is 0.105. The van der Waals surface area contributed by atoms with Gasteiger partial charge < -0.3 is 0 Å². The average Bonchev–Trinajstić information content (AvgIpc) is 3.12. The van der Waals surface area contributed by atoms with Crippen molar-refractivity contribution in [2.24, 2.45) is 7.05 Å². The lowest BCUT2D eigenvalue weighted by Gasteiger charge is -2.10. The first-order valence-corrected chi connectivity index (χ1v) is 9.36. The molecule has 0 fully saturated rings. The van der Waals surface area contributed by atoms with Crippen LogP contribution in [0.4, 0.5) is 0 Å². The lowest BCUT2D eigenvalue weighted by molar-refractivity contribution is 0.783. The minimum absolute atomic E-state index is 0.0376. The van der Waals surface area contributed by atoms with Crippen molar-refractivity contribution < 1.29 is 0 Å². The van der Waals surface area contributed by atoms with Crippen LogP contribution in [-0.4, -0.2) is 19.1 Å². The van der Waals surface area contributed by atoms with Crippen molar-refractivity contribution >= 4 is 34.3 Å². The SMILES string of the molecule is Cn1c(CSc2nccn2-c2cccc(Cl)c2)nc2ccccc2c1=O. The minimum atomic E-state index is -0.0376. The molecule has 7 heteroatoms. The molecule has 0 saturated carbocycles. The van der Waals surface area contributed by atoms with Crippen LogP contribution >= 0.6 is 23.4 Å². The Balaban J connectivity index is 1.65. The van der Waals surface area contributed by atoms with Gasteiger partial charge in [0.2, 0.25) is 0 Å². The van der Waals surface area contributed by atoms with Crippen LogP contribution in [0.5, 0.6) is 0 Å². The first-order valence-electron chi connectivity index (χ1n) is 8.00. The molecular formula is C19H15ClN4OS. The Morgan fingerprint density at radius 2 is 2.00 bits per heavy atom. The van der Waals surface area contributed by atoms with Crippen LogP contribution in [0, 0.1) is 0 Å². The highest BCUT2D eigenvalue weighted by molar-refractivity contribution is 7.98. The zero-order chi connectivity index (χ0) is 18.1. The Morgan fingerprint density at radius 1 is 1.15 bits per heavy atom. The fourth-order valence-corrected chi connectivity index (χ4v) is 3.88. The number of rotatable bonds is 4. The summed E-state index contributed by atoms with van der Waals surface area (Å²) in [5.41, 5.74) is 1.62. The lowest BCUT2D eigenvalue weighted by atomic mass is 10.2. The van der Waals surface area contributed by atoms with Crippen molar-refractivity contribution in [3.05, 3.63) is 82.1 Å². The quantitative estimate of drug-likeness (QED) is 0.499. The molecule has 0 atom stereocenters. The normalized spacial score (nSPS) is 11.2. The Bertz CT molecular complexity index is 1150. The third-order valence-electron chi connectivity index (χ3n) is 4.10. The van der Waals surface area contributed by atoms with Gasteiger partial charge in [-0.05, 0) is 30.3 Å². The van der Waals surface area contributed by atoms with Gasteiger partial charge in [0, 0.05) is 30.2 Å². The van der Waals surface area contributed by atoms with E-state index in [1.165, 1.54) is 11.8 Å². The summed E-state index contributed by atoms with van der Waals surface area (Å²) in [6.07, 6.45) is 3.64. The molecule has 0 unspecified atom stereocenters. The van der Waals surface area contributed by atoms with Crippen LogP contribution in [0.1, 0.15) is 5.82 Å².